The van der Waals surface area contributed by atoms with E-state index in [1.165, 1.54) is 0 Å². The van der Waals surface area contributed by atoms with Crippen LogP contribution in [-0.2, 0) is 4.74 Å². The van der Waals surface area contributed by atoms with Crippen LogP contribution in [0.4, 0.5) is 8.78 Å². The maximum Gasteiger partial charge on any atom is 0.188 e. The summed E-state index contributed by atoms with van der Waals surface area (Å²) >= 11 is 0. The van der Waals surface area contributed by atoms with Gasteiger partial charge in [-0.15, -0.1) is 0 Å². The molecule has 0 aliphatic rings. The molecule has 0 spiro atoms. The van der Waals surface area contributed by atoms with Crippen LogP contribution in [-0.4, -0.2) is 19.6 Å². The van der Waals surface area contributed by atoms with Gasteiger partial charge in [0.05, 0.1) is 6.61 Å². The van der Waals surface area contributed by atoms with Crippen molar-refractivity contribution in [1.82, 2.24) is 0 Å². The number of hydrogen-bond donors (Lipinski definition) is 0. The highest BCUT2D eigenvalue weighted by Gasteiger charge is 1.95. The van der Waals surface area contributed by atoms with E-state index in [0.29, 0.717) is 0 Å². The molecular formula is C5H9F2O. The summed E-state index contributed by atoms with van der Waals surface area (Å²) in [7, 11) is 0. The minimum absolute atomic E-state index is 0.112. The molecule has 0 fully saturated rings. The summed E-state index contributed by atoms with van der Waals surface area (Å²) in [6, 6.07) is 0. The molecule has 0 rings (SSSR count). The first kappa shape index (κ1) is 7.82. The predicted octanol–water partition coefficient (Wildman–Crippen LogP) is 1.49. The summed E-state index contributed by atoms with van der Waals surface area (Å²) in [5, 5.41) is 0. The van der Waals surface area contributed by atoms with Crippen molar-refractivity contribution < 1.29 is 13.5 Å². The number of rotatable bonds is 4. The lowest BCUT2D eigenvalue weighted by Gasteiger charge is -1.98. The van der Waals surface area contributed by atoms with E-state index in [4.69, 9.17) is 0 Å². The van der Waals surface area contributed by atoms with E-state index >= 15 is 0 Å². The molecule has 1 radical (unpaired) electrons. The van der Waals surface area contributed by atoms with Crippen molar-refractivity contribution in [2.75, 3.05) is 13.5 Å². The number of halogens is 2. The molecule has 0 aliphatic carbocycles. The molecule has 0 aromatic carbocycles. The monoisotopic (exact) mass is 123 g/mol. The first-order valence-corrected chi connectivity index (χ1v) is 2.38. The van der Waals surface area contributed by atoms with E-state index in [2.05, 4.69) is 11.7 Å². The Labute approximate surface area is 47.6 Å². The fourth-order valence-corrected chi connectivity index (χ4v) is 0.266. The van der Waals surface area contributed by atoms with Gasteiger partial charge in [0.1, 0.15) is 6.17 Å². The molecule has 0 saturated carbocycles. The minimum atomic E-state index is -1.14. The van der Waals surface area contributed by atoms with Crippen molar-refractivity contribution in [2.24, 2.45) is 0 Å². The molecular weight excluding hydrogens is 114 g/mol. The van der Waals surface area contributed by atoms with Crippen LogP contribution in [0.5, 0.6) is 0 Å². The van der Waals surface area contributed by atoms with Gasteiger partial charge in [-0.05, 0) is 6.92 Å². The third-order valence-corrected chi connectivity index (χ3v) is 0.653. The van der Waals surface area contributed by atoms with Crippen LogP contribution in [0.15, 0.2) is 0 Å². The summed E-state index contributed by atoms with van der Waals surface area (Å²) < 4.78 is 27.0. The van der Waals surface area contributed by atoms with Gasteiger partial charge in [0.2, 0.25) is 0 Å². The van der Waals surface area contributed by atoms with Crippen LogP contribution >= 0.6 is 0 Å². The molecule has 49 valence electrons. The lowest BCUT2D eigenvalue weighted by Crippen LogP contribution is -2.00. The Kier molecular flexibility index (Phi) is 4.85. The average Bonchev–Trinajstić information content (AvgIpc) is 1.66. The number of alkyl halides is 2. The Bertz CT molecular complexity index is 47.7. The Morgan fingerprint density at radius 3 is 2.62 bits per heavy atom. The summed E-state index contributed by atoms with van der Waals surface area (Å²) in [5.41, 5.74) is 0. The van der Waals surface area contributed by atoms with Crippen LogP contribution in [0.3, 0.4) is 0 Å². The molecule has 1 unspecified atom stereocenters. The van der Waals surface area contributed by atoms with Crippen molar-refractivity contribution in [2.45, 2.75) is 12.6 Å². The van der Waals surface area contributed by atoms with Crippen LogP contribution in [0.25, 0.3) is 0 Å². The van der Waals surface area contributed by atoms with Gasteiger partial charge >= 0.3 is 0 Å². The van der Waals surface area contributed by atoms with E-state index in [-0.39, 0.29) is 13.0 Å². The first-order chi connectivity index (χ1) is 3.77. The third-order valence-electron chi connectivity index (χ3n) is 0.653. The van der Waals surface area contributed by atoms with Gasteiger partial charge in [-0.3, -0.25) is 0 Å². The molecule has 3 heteroatoms. The lowest BCUT2D eigenvalue weighted by molar-refractivity contribution is 0.0494. The Morgan fingerprint density at radius 1 is 1.62 bits per heavy atom. The van der Waals surface area contributed by atoms with Crippen LogP contribution in [0.2, 0.25) is 0 Å². The molecule has 0 aromatic rings. The molecule has 0 aliphatic heterocycles. The van der Waals surface area contributed by atoms with E-state index in [9.17, 15) is 8.78 Å². The molecule has 1 nitrogen and oxygen atoms in total. The zero-order valence-corrected chi connectivity index (χ0v) is 4.57. The maximum atomic E-state index is 11.7. The molecule has 0 heterocycles. The zero-order valence-electron chi connectivity index (χ0n) is 4.57. The smallest absolute Gasteiger partial charge is 0.188 e. The second-order valence-corrected chi connectivity index (χ2v) is 1.40. The van der Waals surface area contributed by atoms with Crippen molar-refractivity contribution >= 4 is 0 Å². The molecule has 8 heavy (non-hydrogen) atoms. The summed E-state index contributed by atoms with van der Waals surface area (Å²) in [6.45, 7) is 2.31. The Morgan fingerprint density at radius 2 is 2.25 bits per heavy atom. The van der Waals surface area contributed by atoms with Crippen LogP contribution in [0, 0.1) is 6.92 Å². The molecule has 0 aromatic heterocycles. The van der Waals surface area contributed by atoms with E-state index in [1.807, 2.05) is 0 Å². The van der Waals surface area contributed by atoms with E-state index < -0.39 is 13.0 Å². The van der Waals surface area contributed by atoms with Gasteiger partial charge in [0.15, 0.2) is 6.86 Å². The summed E-state index contributed by atoms with van der Waals surface area (Å²) in [4.78, 5) is 0. The molecule has 0 bridgehead atoms. The van der Waals surface area contributed by atoms with Crippen molar-refractivity contribution in [3.63, 3.8) is 0 Å². The fourth-order valence-electron chi connectivity index (χ4n) is 0.266. The molecule has 0 amide bonds. The largest absolute Gasteiger partial charge is 0.350 e. The summed E-state index contributed by atoms with van der Waals surface area (Å²) in [6.07, 6.45) is -0.967. The van der Waals surface area contributed by atoms with Crippen molar-refractivity contribution in [3.05, 3.63) is 6.92 Å². The topological polar surface area (TPSA) is 9.23 Å². The van der Waals surface area contributed by atoms with Crippen LogP contribution in [0.1, 0.15) is 6.42 Å². The van der Waals surface area contributed by atoms with Gasteiger partial charge in [0, 0.05) is 6.42 Å². The second-order valence-electron chi connectivity index (χ2n) is 1.40. The Hall–Kier alpha value is -0.180. The predicted molar refractivity (Wildman–Crippen MR) is 26.8 cm³/mol. The standard InChI is InChI=1S/C5H9F2O/c1-5(7)2-3-8-4-6/h5H,1-4H2. The average molecular weight is 123 g/mol. The highest BCUT2D eigenvalue weighted by atomic mass is 19.1. The quantitative estimate of drug-likeness (QED) is 0.514. The zero-order chi connectivity index (χ0) is 6.41. The third kappa shape index (κ3) is 5.82. The van der Waals surface area contributed by atoms with Crippen molar-refractivity contribution in [1.29, 1.82) is 0 Å². The highest BCUT2D eigenvalue weighted by molar-refractivity contribution is 4.54. The van der Waals surface area contributed by atoms with Gasteiger partial charge in [-0.25, -0.2) is 8.78 Å². The maximum absolute atomic E-state index is 11.7. The second kappa shape index (κ2) is 4.97. The highest BCUT2D eigenvalue weighted by Crippen LogP contribution is 1.94. The van der Waals surface area contributed by atoms with Gasteiger partial charge in [-0.2, -0.15) is 0 Å². The van der Waals surface area contributed by atoms with Crippen molar-refractivity contribution in [3.8, 4) is 0 Å². The van der Waals surface area contributed by atoms with Crippen LogP contribution < -0.4 is 0 Å². The summed E-state index contributed by atoms with van der Waals surface area (Å²) in [5.74, 6) is 0. The number of hydrogen-bond acceptors (Lipinski definition) is 1. The lowest BCUT2D eigenvalue weighted by atomic mass is 10.3. The molecule has 1 atom stereocenters. The Balaban J connectivity index is 2.72. The van der Waals surface area contributed by atoms with Gasteiger partial charge < -0.3 is 4.74 Å². The fraction of sp³-hybridized carbons (Fsp3) is 0.800. The molecule has 0 saturated heterocycles. The van der Waals surface area contributed by atoms with E-state index in [1.54, 1.807) is 0 Å². The SMILES string of the molecule is [CH2]C(F)CCOCF. The normalized spacial score (nSPS) is 13.9. The van der Waals surface area contributed by atoms with Gasteiger partial charge in [0.25, 0.3) is 0 Å². The van der Waals surface area contributed by atoms with Gasteiger partial charge in [-0.1, -0.05) is 0 Å². The first-order valence-electron chi connectivity index (χ1n) is 2.38. The molecule has 0 N–H and O–H groups in total. The van der Waals surface area contributed by atoms with E-state index in [0.717, 1.165) is 0 Å². The number of ether oxygens (including phenoxy) is 1. The minimum Gasteiger partial charge on any atom is -0.350 e.